The Bertz CT molecular complexity index is 636. The number of benzene rings is 1. The molecule has 23 heavy (non-hydrogen) atoms. The fourth-order valence-corrected chi connectivity index (χ4v) is 2.00. The standard InChI is InChI=1S/C14H16BrN3O4S/c1-8-3-4-9(7-10(8)15)13(21)17-18-14(23)16-11(19)5-6-12(20)22-2/h3-4,7H,5-6H2,1-2H3,(H,17,21)(H2,16,18,19,23). The largest absolute Gasteiger partial charge is 0.469 e. The van der Waals surface area contributed by atoms with Crippen molar-refractivity contribution in [1.82, 2.24) is 16.2 Å². The summed E-state index contributed by atoms with van der Waals surface area (Å²) in [4.78, 5) is 34.3. The van der Waals surface area contributed by atoms with Crippen molar-refractivity contribution < 1.29 is 19.1 Å². The van der Waals surface area contributed by atoms with Gasteiger partial charge < -0.3 is 10.1 Å². The van der Waals surface area contributed by atoms with Crippen molar-refractivity contribution in [2.75, 3.05) is 7.11 Å². The first-order chi connectivity index (χ1) is 10.8. The Morgan fingerprint density at radius 3 is 2.52 bits per heavy atom. The summed E-state index contributed by atoms with van der Waals surface area (Å²) in [5.74, 6) is -1.35. The van der Waals surface area contributed by atoms with Gasteiger partial charge in [-0.2, -0.15) is 0 Å². The summed E-state index contributed by atoms with van der Waals surface area (Å²) in [6.45, 7) is 1.91. The predicted molar refractivity (Wildman–Crippen MR) is 91.5 cm³/mol. The van der Waals surface area contributed by atoms with Crippen LogP contribution in [0.15, 0.2) is 22.7 Å². The maximum atomic E-state index is 11.9. The minimum absolute atomic E-state index is 0.0469. The number of rotatable bonds is 4. The first-order valence-electron chi connectivity index (χ1n) is 6.56. The van der Waals surface area contributed by atoms with Gasteiger partial charge in [0.25, 0.3) is 5.91 Å². The molecule has 0 bridgehead atoms. The molecule has 0 unspecified atom stereocenters. The van der Waals surface area contributed by atoms with E-state index in [1.807, 2.05) is 6.92 Å². The van der Waals surface area contributed by atoms with Gasteiger partial charge in [-0.15, -0.1) is 0 Å². The van der Waals surface area contributed by atoms with Crippen LogP contribution in [0.4, 0.5) is 0 Å². The lowest BCUT2D eigenvalue weighted by Crippen LogP contribution is -2.48. The van der Waals surface area contributed by atoms with Crippen LogP contribution in [-0.4, -0.2) is 30.0 Å². The number of hydrogen-bond acceptors (Lipinski definition) is 5. The van der Waals surface area contributed by atoms with Crippen molar-refractivity contribution >= 4 is 51.0 Å². The molecule has 0 atom stereocenters. The van der Waals surface area contributed by atoms with Crippen LogP contribution in [0.1, 0.15) is 28.8 Å². The maximum Gasteiger partial charge on any atom is 0.306 e. The van der Waals surface area contributed by atoms with Crippen molar-refractivity contribution in [3.8, 4) is 0 Å². The fraction of sp³-hybridized carbons (Fsp3) is 0.286. The highest BCUT2D eigenvalue weighted by atomic mass is 79.9. The van der Waals surface area contributed by atoms with Gasteiger partial charge in [0.1, 0.15) is 0 Å². The molecule has 0 heterocycles. The molecule has 0 fully saturated rings. The van der Waals surface area contributed by atoms with E-state index in [1.165, 1.54) is 7.11 Å². The van der Waals surface area contributed by atoms with E-state index in [0.717, 1.165) is 10.0 Å². The second kappa shape index (κ2) is 9.21. The van der Waals surface area contributed by atoms with Gasteiger partial charge in [-0.05, 0) is 36.8 Å². The first-order valence-corrected chi connectivity index (χ1v) is 7.76. The summed E-state index contributed by atoms with van der Waals surface area (Å²) in [5.41, 5.74) is 6.21. The second-order valence-corrected chi connectivity index (χ2v) is 5.76. The van der Waals surface area contributed by atoms with Gasteiger partial charge in [-0.3, -0.25) is 25.2 Å². The highest BCUT2D eigenvalue weighted by Gasteiger charge is 2.10. The number of hydrogen-bond donors (Lipinski definition) is 3. The van der Waals surface area contributed by atoms with Gasteiger partial charge in [0.2, 0.25) is 5.91 Å². The van der Waals surface area contributed by atoms with Crippen molar-refractivity contribution in [3.05, 3.63) is 33.8 Å². The minimum atomic E-state index is -0.489. The van der Waals surface area contributed by atoms with E-state index in [4.69, 9.17) is 12.2 Å². The molecule has 0 saturated carbocycles. The fourth-order valence-electron chi connectivity index (χ4n) is 1.46. The molecule has 1 aromatic rings. The summed E-state index contributed by atoms with van der Waals surface area (Å²) in [6, 6.07) is 5.13. The Kier molecular flexibility index (Phi) is 7.63. The quantitative estimate of drug-likeness (QED) is 0.400. The van der Waals surface area contributed by atoms with E-state index in [2.05, 4.69) is 36.8 Å². The Hall–Kier alpha value is -2.00. The van der Waals surface area contributed by atoms with E-state index < -0.39 is 17.8 Å². The van der Waals surface area contributed by atoms with Crippen LogP contribution in [0.3, 0.4) is 0 Å². The lowest BCUT2D eigenvalue weighted by atomic mass is 10.1. The first kappa shape index (κ1) is 19.0. The molecule has 0 saturated heterocycles. The summed E-state index contributed by atoms with van der Waals surface area (Å²) >= 11 is 8.21. The van der Waals surface area contributed by atoms with Gasteiger partial charge >= 0.3 is 5.97 Å². The van der Waals surface area contributed by atoms with E-state index in [9.17, 15) is 14.4 Å². The Labute approximate surface area is 147 Å². The van der Waals surface area contributed by atoms with Crippen LogP contribution in [-0.2, 0) is 14.3 Å². The third-order valence-corrected chi connectivity index (χ3v) is 3.82. The van der Waals surface area contributed by atoms with Crippen molar-refractivity contribution in [3.63, 3.8) is 0 Å². The Morgan fingerprint density at radius 2 is 1.91 bits per heavy atom. The average molecular weight is 402 g/mol. The van der Waals surface area contributed by atoms with Crippen LogP contribution < -0.4 is 16.2 Å². The van der Waals surface area contributed by atoms with Crippen molar-refractivity contribution in [1.29, 1.82) is 0 Å². The zero-order valence-corrected chi connectivity index (χ0v) is 15.0. The number of hydrazine groups is 1. The smallest absolute Gasteiger partial charge is 0.306 e. The van der Waals surface area contributed by atoms with Gasteiger partial charge in [-0.25, -0.2) is 0 Å². The SMILES string of the molecule is COC(=O)CCC(=O)NC(=S)NNC(=O)c1ccc(C)c(Br)c1. The van der Waals surface area contributed by atoms with Gasteiger partial charge in [0.05, 0.1) is 13.5 Å². The van der Waals surface area contributed by atoms with Crippen LogP contribution >= 0.6 is 28.1 Å². The number of methoxy groups -OCH3 is 1. The van der Waals surface area contributed by atoms with Gasteiger partial charge in [0, 0.05) is 16.5 Å². The summed E-state index contributed by atoms with van der Waals surface area (Å²) in [5, 5.41) is 2.27. The second-order valence-electron chi connectivity index (χ2n) is 4.50. The monoisotopic (exact) mass is 401 g/mol. The molecule has 1 aromatic carbocycles. The Balaban J connectivity index is 2.40. The molecule has 0 aliphatic carbocycles. The number of thiocarbonyl (C=S) groups is 1. The number of ether oxygens (including phenoxy) is 1. The van der Waals surface area contributed by atoms with Crippen molar-refractivity contribution in [2.24, 2.45) is 0 Å². The molecule has 2 amide bonds. The molecule has 7 nitrogen and oxygen atoms in total. The minimum Gasteiger partial charge on any atom is -0.469 e. The van der Waals surface area contributed by atoms with Crippen LogP contribution in [0.2, 0.25) is 0 Å². The van der Waals surface area contributed by atoms with Crippen LogP contribution in [0.5, 0.6) is 0 Å². The van der Waals surface area contributed by atoms with Crippen LogP contribution in [0.25, 0.3) is 0 Å². The molecule has 1 rings (SSSR count). The van der Waals surface area contributed by atoms with Gasteiger partial charge in [0.15, 0.2) is 5.11 Å². The molecule has 0 aliphatic heterocycles. The molecule has 3 N–H and O–H groups in total. The summed E-state index contributed by atoms with van der Waals surface area (Å²) < 4.78 is 5.23. The third-order valence-electron chi connectivity index (χ3n) is 2.76. The normalized spacial score (nSPS) is 9.70. The molecule has 0 spiro atoms. The molecule has 9 heteroatoms. The topological polar surface area (TPSA) is 96.5 Å². The molecular weight excluding hydrogens is 386 g/mol. The molecule has 0 radical (unpaired) electrons. The van der Waals surface area contributed by atoms with E-state index >= 15 is 0 Å². The Morgan fingerprint density at radius 1 is 1.22 bits per heavy atom. The van der Waals surface area contributed by atoms with E-state index in [1.54, 1.807) is 18.2 Å². The van der Waals surface area contributed by atoms with Crippen molar-refractivity contribution in [2.45, 2.75) is 19.8 Å². The molecule has 0 aromatic heterocycles. The van der Waals surface area contributed by atoms with E-state index in [0.29, 0.717) is 5.56 Å². The molecule has 0 aliphatic rings. The zero-order chi connectivity index (χ0) is 17.4. The lowest BCUT2D eigenvalue weighted by molar-refractivity contribution is -0.142. The maximum absolute atomic E-state index is 11.9. The summed E-state index contributed by atoms with van der Waals surface area (Å²) in [6.07, 6.45) is -0.109. The molecular formula is C14H16BrN3O4S. The zero-order valence-electron chi connectivity index (χ0n) is 12.6. The number of halogens is 1. The number of amides is 2. The third kappa shape index (κ3) is 6.74. The number of esters is 1. The predicted octanol–water partition coefficient (Wildman–Crippen LogP) is 1.35. The summed E-state index contributed by atoms with van der Waals surface area (Å²) in [7, 11) is 1.24. The number of nitrogens with one attached hydrogen (secondary N) is 3. The number of aryl methyl sites for hydroxylation is 1. The van der Waals surface area contributed by atoms with Gasteiger partial charge in [-0.1, -0.05) is 22.0 Å². The molecule has 124 valence electrons. The van der Waals surface area contributed by atoms with Crippen LogP contribution in [0, 0.1) is 6.92 Å². The van der Waals surface area contributed by atoms with E-state index in [-0.39, 0.29) is 18.0 Å². The lowest BCUT2D eigenvalue weighted by Gasteiger charge is -2.11. The number of carbonyl (C=O) groups is 3. The number of carbonyl (C=O) groups excluding carboxylic acids is 3. The highest BCUT2D eigenvalue weighted by molar-refractivity contribution is 9.10. The highest BCUT2D eigenvalue weighted by Crippen LogP contribution is 2.17. The average Bonchev–Trinajstić information content (AvgIpc) is 2.52.